The van der Waals surface area contributed by atoms with Crippen molar-refractivity contribution in [1.82, 2.24) is 4.98 Å². The zero-order valence-corrected chi connectivity index (χ0v) is 11.1. The maximum atomic E-state index is 12.5. The molecule has 108 valence electrons. The van der Waals surface area contributed by atoms with Crippen molar-refractivity contribution in [2.24, 2.45) is 0 Å². The molecule has 1 heterocycles. The summed E-state index contributed by atoms with van der Waals surface area (Å²) >= 11 is 0. The van der Waals surface area contributed by atoms with E-state index in [1.54, 1.807) is 12.1 Å². The zero-order chi connectivity index (χ0) is 15.5. The normalized spacial score (nSPS) is 11.0. The van der Waals surface area contributed by atoms with E-state index in [0.717, 1.165) is 12.1 Å². The Balaban J connectivity index is 2.44. The summed E-state index contributed by atoms with van der Waals surface area (Å²) < 4.78 is 42.6. The molecule has 0 amide bonds. The Kier molecular flexibility index (Phi) is 4.13. The third-order valence-corrected chi connectivity index (χ3v) is 2.93. The summed E-state index contributed by atoms with van der Waals surface area (Å²) in [7, 11) is 1.45. The molecule has 0 aliphatic heterocycles. The van der Waals surface area contributed by atoms with Crippen LogP contribution >= 0.6 is 0 Å². The van der Waals surface area contributed by atoms with Crippen molar-refractivity contribution >= 4 is 0 Å². The van der Waals surface area contributed by atoms with E-state index in [2.05, 4.69) is 4.98 Å². The lowest BCUT2D eigenvalue weighted by Gasteiger charge is -2.10. The molecule has 0 radical (unpaired) electrons. The number of hydrogen-bond donors (Lipinski definition) is 0. The second kappa shape index (κ2) is 5.83. The van der Waals surface area contributed by atoms with Gasteiger partial charge in [0.05, 0.1) is 30.9 Å². The lowest BCUT2D eigenvalue weighted by atomic mass is 10.0. The number of alkyl halides is 3. The van der Waals surface area contributed by atoms with E-state index < -0.39 is 11.7 Å². The molecule has 6 heteroatoms. The molecule has 2 rings (SSSR count). The second-order valence-electron chi connectivity index (χ2n) is 4.26. The van der Waals surface area contributed by atoms with Crippen molar-refractivity contribution in [1.29, 1.82) is 5.26 Å². The third kappa shape index (κ3) is 3.31. The van der Waals surface area contributed by atoms with Gasteiger partial charge in [-0.2, -0.15) is 18.4 Å². The van der Waals surface area contributed by atoms with Crippen LogP contribution in [-0.2, 0) is 12.6 Å². The highest BCUT2D eigenvalue weighted by Crippen LogP contribution is 2.32. The minimum Gasteiger partial charge on any atom is -0.481 e. The maximum Gasteiger partial charge on any atom is 0.416 e. The SMILES string of the molecule is COc1ccc(-c2ccc(C(F)(F)F)cc2)c(CC#N)n1. The fourth-order valence-corrected chi connectivity index (χ4v) is 1.91. The van der Waals surface area contributed by atoms with Gasteiger partial charge in [0, 0.05) is 11.6 Å². The molecule has 0 atom stereocenters. The molecule has 0 fully saturated rings. The molecule has 3 nitrogen and oxygen atoms in total. The second-order valence-corrected chi connectivity index (χ2v) is 4.26. The lowest BCUT2D eigenvalue weighted by Crippen LogP contribution is -2.04. The summed E-state index contributed by atoms with van der Waals surface area (Å²) in [6, 6.07) is 10.0. The van der Waals surface area contributed by atoms with E-state index in [0.29, 0.717) is 22.7 Å². The molecule has 0 aliphatic carbocycles. The smallest absolute Gasteiger partial charge is 0.416 e. The quantitative estimate of drug-likeness (QED) is 0.863. The predicted molar refractivity (Wildman–Crippen MR) is 70.5 cm³/mol. The predicted octanol–water partition coefficient (Wildman–Crippen LogP) is 3.84. The summed E-state index contributed by atoms with van der Waals surface area (Å²) in [6.07, 6.45) is -4.32. The van der Waals surface area contributed by atoms with E-state index in [4.69, 9.17) is 10.00 Å². The molecule has 0 saturated carbocycles. The number of pyridine rings is 1. The van der Waals surface area contributed by atoms with Gasteiger partial charge in [-0.25, -0.2) is 4.98 Å². The van der Waals surface area contributed by atoms with Crippen LogP contribution in [0.2, 0.25) is 0 Å². The average Bonchev–Trinajstić information content (AvgIpc) is 2.47. The summed E-state index contributed by atoms with van der Waals surface area (Å²) in [6.45, 7) is 0. The van der Waals surface area contributed by atoms with Gasteiger partial charge < -0.3 is 4.74 Å². The van der Waals surface area contributed by atoms with Crippen LogP contribution in [0.3, 0.4) is 0 Å². The Hall–Kier alpha value is -2.55. The number of halogens is 3. The van der Waals surface area contributed by atoms with Gasteiger partial charge in [-0.1, -0.05) is 12.1 Å². The number of rotatable bonds is 3. The Morgan fingerprint density at radius 1 is 1.14 bits per heavy atom. The Morgan fingerprint density at radius 2 is 1.81 bits per heavy atom. The fourth-order valence-electron chi connectivity index (χ4n) is 1.91. The number of methoxy groups -OCH3 is 1. The van der Waals surface area contributed by atoms with Gasteiger partial charge in [-0.3, -0.25) is 0 Å². The van der Waals surface area contributed by atoms with Crippen LogP contribution < -0.4 is 4.74 Å². The molecule has 1 aromatic heterocycles. The Morgan fingerprint density at radius 3 is 2.33 bits per heavy atom. The highest BCUT2D eigenvalue weighted by molar-refractivity contribution is 5.67. The van der Waals surface area contributed by atoms with E-state index in [9.17, 15) is 13.2 Å². The standard InChI is InChI=1S/C15H11F3N2O/c1-21-14-7-6-12(13(20-14)8-9-19)10-2-4-11(5-3-10)15(16,17)18/h2-7H,8H2,1H3. The molecular formula is C15H11F3N2O. The fraction of sp³-hybridized carbons (Fsp3) is 0.200. The van der Waals surface area contributed by atoms with E-state index in [1.165, 1.54) is 19.2 Å². The molecule has 0 N–H and O–H groups in total. The number of aromatic nitrogens is 1. The third-order valence-electron chi connectivity index (χ3n) is 2.93. The first-order valence-corrected chi connectivity index (χ1v) is 6.04. The first-order valence-electron chi connectivity index (χ1n) is 6.04. The first kappa shape index (κ1) is 14.9. The lowest BCUT2D eigenvalue weighted by molar-refractivity contribution is -0.137. The highest BCUT2D eigenvalue weighted by Gasteiger charge is 2.30. The Labute approximate surface area is 119 Å². The summed E-state index contributed by atoms with van der Waals surface area (Å²) in [5, 5.41) is 8.83. The Bertz CT molecular complexity index is 673. The number of benzene rings is 1. The summed E-state index contributed by atoms with van der Waals surface area (Å²) in [5.74, 6) is 0.357. The van der Waals surface area contributed by atoms with E-state index in [-0.39, 0.29) is 6.42 Å². The van der Waals surface area contributed by atoms with Crippen LogP contribution in [0, 0.1) is 11.3 Å². The number of nitriles is 1. The van der Waals surface area contributed by atoms with Gasteiger partial charge >= 0.3 is 6.18 Å². The summed E-state index contributed by atoms with van der Waals surface area (Å²) in [4.78, 5) is 4.16. The van der Waals surface area contributed by atoms with Crippen molar-refractivity contribution in [2.45, 2.75) is 12.6 Å². The topological polar surface area (TPSA) is 45.9 Å². The summed E-state index contributed by atoms with van der Waals surface area (Å²) in [5.41, 5.74) is 0.945. The van der Waals surface area contributed by atoms with Crippen molar-refractivity contribution in [3.8, 4) is 23.1 Å². The molecule has 0 aliphatic rings. The van der Waals surface area contributed by atoms with Gasteiger partial charge in [0.25, 0.3) is 0 Å². The van der Waals surface area contributed by atoms with Crippen LogP contribution in [0.25, 0.3) is 11.1 Å². The number of nitrogens with zero attached hydrogens (tertiary/aromatic N) is 2. The zero-order valence-electron chi connectivity index (χ0n) is 11.1. The van der Waals surface area contributed by atoms with Crippen LogP contribution in [0.15, 0.2) is 36.4 Å². The highest BCUT2D eigenvalue weighted by atomic mass is 19.4. The monoisotopic (exact) mass is 292 g/mol. The van der Waals surface area contributed by atoms with Crippen LogP contribution in [0.1, 0.15) is 11.3 Å². The van der Waals surface area contributed by atoms with Gasteiger partial charge in [0.1, 0.15) is 0 Å². The van der Waals surface area contributed by atoms with Gasteiger partial charge in [-0.15, -0.1) is 0 Å². The van der Waals surface area contributed by atoms with Crippen molar-refractivity contribution in [3.63, 3.8) is 0 Å². The van der Waals surface area contributed by atoms with Gasteiger partial charge in [0.2, 0.25) is 5.88 Å². The number of hydrogen-bond acceptors (Lipinski definition) is 3. The molecule has 1 aromatic carbocycles. The molecular weight excluding hydrogens is 281 g/mol. The minimum atomic E-state index is -4.37. The first-order chi connectivity index (χ1) is 9.95. The van der Waals surface area contributed by atoms with Crippen molar-refractivity contribution < 1.29 is 17.9 Å². The minimum absolute atomic E-state index is 0.0492. The average molecular weight is 292 g/mol. The van der Waals surface area contributed by atoms with Gasteiger partial charge in [0.15, 0.2) is 0 Å². The van der Waals surface area contributed by atoms with Crippen molar-refractivity contribution in [2.75, 3.05) is 7.11 Å². The number of ether oxygens (including phenoxy) is 1. The maximum absolute atomic E-state index is 12.5. The van der Waals surface area contributed by atoms with Crippen LogP contribution in [0.5, 0.6) is 5.88 Å². The van der Waals surface area contributed by atoms with Crippen LogP contribution in [-0.4, -0.2) is 12.1 Å². The molecule has 0 saturated heterocycles. The molecule has 21 heavy (non-hydrogen) atoms. The van der Waals surface area contributed by atoms with E-state index >= 15 is 0 Å². The van der Waals surface area contributed by atoms with E-state index in [1.807, 2.05) is 6.07 Å². The molecule has 0 unspecified atom stereocenters. The molecule has 2 aromatic rings. The molecule has 0 bridgehead atoms. The molecule has 0 spiro atoms. The van der Waals surface area contributed by atoms with Crippen LogP contribution in [0.4, 0.5) is 13.2 Å². The van der Waals surface area contributed by atoms with Crippen molar-refractivity contribution in [3.05, 3.63) is 47.7 Å². The largest absolute Gasteiger partial charge is 0.481 e. The van der Waals surface area contributed by atoms with Gasteiger partial charge in [-0.05, 0) is 23.8 Å².